The molecule has 0 spiro atoms. The topological polar surface area (TPSA) is 51.3 Å². The highest BCUT2D eigenvalue weighted by Gasteiger charge is 2.43. The smallest absolute Gasteiger partial charge is 0.319 e. The molecule has 188 valence electrons. The fourth-order valence-electron chi connectivity index (χ4n) is 7.45. The number of amides is 2. The molecule has 4 atom stereocenters. The molecule has 33 heavy (non-hydrogen) atoms. The van der Waals surface area contributed by atoms with Crippen molar-refractivity contribution in [2.45, 2.75) is 76.0 Å². The third kappa shape index (κ3) is 5.52. The number of urea groups is 1. The summed E-state index contributed by atoms with van der Waals surface area (Å²) in [6.45, 7) is 11.0. The van der Waals surface area contributed by atoms with Crippen LogP contribution in [0.2, 0.25) is 0 Å². The van der Waals surface area contributed by atoms with Crippen molar-refractivity contribution in [2.24, 2.45) is 11.8 Å². The molecule has 7 nitrogen and oxygen atoms in total. The highest BCUT2D eigenvalue weighted by atomic mass is 16.5. The Hall–Kier alpha value is -0.890. The Bertz CT molecular complexity index is 634. The van der Waals surface area contributed by atoms with Crippen LogP contribution in [0.5, 0.6) is 0 Å². The molecular weight excluding hydrogens is 414 g/mol. The molecule has 7 heteroatoms. The lowest BCUT2D eigenvalue weighted by Crippen LogP contribution is -2.63. The van der Waals surface area contributed by atoms with Crippen molar-refractivity contribution in [3.05, 3.63) is 0 Å². The first kappa shape index (κ1) is 23.8. The molecule has 4 unspecified atom stereocenters. The van der Waals surface area contributed by atoms with Crippen LogP contribution in [-0.4, -0.2) is 116 Å². The van der Waals surface area contributed by atoms with Gasteiger partial charge in [-0.05, 0) is 89.3 Å². The monoisotopic (exact) mass is 461 g/mol. The van der Waals surface area contributed by atoms with Gasteiger partial charge < -0.3 is 24.8 Å². The van der Waals surface area contributed by atoms with Crippen molar-refractivity contribution in [3.8, 4) is 0 Å². The van der Waals surface area contributed by atoms with Crippen molar-refractivity contribution in [3.63, 3.8) is 0 Å². The van der Waals surface area contributed by atoms with Crippen molar-refractivity contribution in [1.82, 2.24) is 24.9 Å². The molecular formula is C26H47N5O2. The van der Waals surface area contributed by atoms with E-state index in [0.29, 0.717) is 24.2 Å². The summed E-state index contributed by atoms with van der Waals surface area (Å²) in [6.07, 6.45) is 11.6. The van der Waals surface area contributed by atoms with Crippen molar-refractivity contribution in [2.75, 3.05) is 72.6 Å². The lowest BCUT2D eigenvalue weighted by atomic mass is 9.74. The number of ether oxygens (including phenoxy) is 1. The molecule has 0 aromatic rings. The van der Waals surface area contributed by atoms with Gasteiger partial charge in [0.1, 0.15) is 0 Å². The van der Waals surface area contributed by atoms with Gasteiger partial charge in [-0.1, -0.05) is 0 Å². The Morgan fingerprint density at radius 1 is 0.818 bits per heavy atom. The van der Waals surface area contributed by atoms with Crippen LogP contribution in [0.25, 0.3) is 0 Å². The number of carbonyl (C=O) groups excluding carboxylic acids is 1. The molecule has 0 radical (unpaired) electrons. The molecule has 0 aromatic carbocycles. The largest absolute Gasteiger partial charge is 0.380 e. The lowest BCUT2D eigenvalue weighted by Gasteiger charge is -2.49. The summed E-state index contributed by atoms with van der Waals surface area (Å²) in [5, 5.41) is 3.89. The number of hydrogen-bond acceptors (Lipinski definition) is 5. The zero-order valence-corrected chi connectivity index (χ0v) is 20.9. The van der Waals surface area contributed by atoms with Gasteiger partial charge in [-0.3, -0.25) is 4.90 Å². The molecule has 0 aromatic heterocycles. The predicted molar refractivity (Wildman–Crippen MR) is 131 cm³/mol. The van der Waals surface area contributed by atoms with E-state index < -0.39 is 0 Å². The molecule has 5 fully saturated rings. The normalized spacial score (nSPS) is 35.4. The van der Waals surface area contributed by atoms with Crippen LogP contribution >= 0.6 is 0 Å². The Labute approximate surface area is 201 Å². The quantitative estimate of drug-likeness (QED) is 0.697. The summed E-state index contributed by atoms with van der Waals surface area (Å²) in [5.74, 6) is 1.58. The highest BCUT2D eigenvalue weighted by Crippen LogP contribution is 2.35. The van der Waals surface area contributed by atoms with Crippen molar-refractivity contribution in [1.29, 1.82) is 0 Å². The van der Waals surface area contributed by atoms with Crippen molar-refractivity contribution < 1.29 is 9.53 Å². The number of nitrogens with zero attached hydrogens (tertiary/aromatic N) is 4. The molecule has 4 saturated heterocycles. The highest BCUT2D eigenvalue weighted by molar-refractivity contribution is 5.74. The third-order valence-electron chi connectivity index (χ3n) is 9.34. The number of rotatable bonds is 4. The second-order valence-corrected chi connectivity index (χ2v) is 11.3. The number of piperidine rings is 2. The standard InChI is InChI=1S/C26H47N5O2/c1-33-23-8-7-22-6-4-11-27-24(22)25(23)29-15-5-12-28(18-19-29)20-21-9-16-31(17-10-21)26(32)30-13-2-3-14-30/h21-25,27H,2-20H2,1H3. The van der Waals surface area contributed by atoms with Crippen LogP contribution in [0, 0.1) is 11.8 Å². The fourth-order valence-corrected chi connectivity index (χ4v) is 7.45. The van der Waals surface area contributed by atoms with E-state index in [1.54, 1.807) is 0 Å². The molecule has 5 rings (SSSR count). The molecule has 4 aliphatic heterocycles. The Balaban J connectivity index is 1.11. The van der Waals surface area contributed by atoms with E-state index in [4.69, 9.17) is 4.74 Å². The number of hydrogen-bond donors (Lipinski definition) is 1. The maximum absolute atomic E-state index is 12.7. The maximum Gasteiger partial charge on any atom is 0.319 e. The minimum absolute atomic E-state index is 0.297. The molecule has 1 aliphatic carbocycles. The molecule has 1 N–H and O–H groups in total. The number of methoxy groups -OCH3 is 1. The van der Waals surface area contributed by atoms with Gasteiger partial charge in [0.2, 0.25) is 0 Å². The van der Waals surface area contributed by atoms with E-state index in [9.17, 15) is 4.79 Å². The summed E-state index contributed by atoms with van der Waals surface area (Å²) >= 11 is 0. The number of likely N-dealkylation sites (tertiary alicyclic amines) is 2. The van der Waals surface area contributed by atoms with Crippen LogP contribution in [0.1, 0.15) is 57.8 Å². The summed E-state index contributed by atoms with van der Waals surface area (Å²) in [4.78, 5) is 22.4. The van der Waals surface area contributed by atoms with Gasteiger partial charge in [-0.2, -0.15) is 0 Å². The number of fused-ring (bicyclic) bond motifs is 1. The van der Waals surface area contributed by atoms with E-state index in [2.05, 4.69) is 24.9 Å². The van der Waals surface area contributed by atoms with Gasteiger partial charge in [0.25, 0.3) is 0 Å². The summed E-state index contributed by atoms with van der Waals surface area (Å²) < 4.78 is 6.03. The fraction of sp³-hybridized carbons (Fsp3) is 0.962. The lowest BCUT2D eigenvalue weighted by molar-refractivity contribution is -0.0490. The molecule has 2 amide bonds. The predicted octanol–water partition coefficient (Wildman–Crippen LogP) is 2.47. The van der Waals surface area contributed by atoms with Crippen LogP contribution in [0.3, 0.4) is 0 Å². The van der Waals surface area contributed by atoms with Gasteiger partial charge in [0.15, 0.2) is 0 Å². The summed E-state index contributed by atoms with van der Waals surface area (Å²) in [5.41, 5.74) is 0. The van der Waals surface area contributed by atoms with E-state index in [1.165, 1.54) is 97.1 Å². The van der Waals surface area contributed by atoms with Gasteiger partial charge in [0.05, 0.1) is 12.1 Å². The van der Waals surface area contributed by atoms with Gasteiger partial charge in [0, 0.05) is 59.0 Å². The first-order valence-electron chi connectivity index (χ1n) is 14.0. The zero-order valence-electron chi connectivity index (χ0n) is 20.9. The average Bonchev–Trinajstić information content (AvgIpc) is 3.31. The first-order chi connectivity index (χ1) is 16.2. The molecule has 4 heterocycles. The first-order valence-corrected chi connectivity index (χ1v) is 14.0. The summed E-state index contributed by atoms with van der Waals surface area (Å²) in [6, 6.07) is 1.45. The van der Waals surface area contributed by atoms with E-state index >= 15 is 0 Å². The van der Waals surface area contributed by atoms with E-state index in [-0.39, 0.29) is 0 Å². The molecule has 0 bridgehead atoms. The second kappa shape index (κ2) is 11.2. The van der Waals surface area contributed by atoms with E-state index in [0.717, 1.165) is 38.0 Å². The van der Waals surface area contributed by atoms with Gasteiger partial charge in [-0.15, -0.1) is 0 Å². The van der Waals surface area contributed by atoms with E-state index in [1.807, 2.05) is 7.11 Å². The van der Waals surface area contributed by atoms with Crippen LogP contribution in [-0.2, 0) is 4.74 Å². The number of carbonyl (C=O) groups is 1. The van der Waals surface area contributed by atoms with Crippen molar-refractivity contribution >= 4 is 6.03 Å². The average molecular weight is 462 g/mol. The Kier molecular flexibility index (Phi) is 8.11. The van der Waals surface area contributed by atoms with Crippen LogP contribution in [0.15, 0.2) is 0 Å². The molecule has 1 saturated carbocycles. The molecule has 5 aliphatic rings. The Morgan fingerprint density at radius 3 is 2.39 bits per heavy atom. The minimum Gasteiger partial charge on any atom is -0.380 e. The van der Waals surface area contributed by atoms with Crippen LogP contribution in [0.4, 0.5) is 4.79 Å². The van der Waals surface area contributed by atoms with Crippen LogP contribution < -0.4 is 5.32 Å². The summed E-state index contributed by atoms with van der Waals surface area (Å²) in [7, 11) is 1.92. The van der Waals surface area contributed by atoms with Gasteiger partial charge >= 0.3 is 6.03 Å². The van der Waals surface area contributed by atoms with Gasteiger partial charge in [-0.25, -0.2) is 4.79 Å². The zero-order chi connectivity index (χ0) is 22.6. The maximum atomic E-state index is 12.7. The third-order valence-corrected chi connectivity index (χ3v) is 9.34. The SMILES string of the molecule is COC1CCC2CCCNC2C1N1CCCN(CC2CCN(C(=O)N3CCCC3)CC2)CC1. The second-order valence-electron chi connectivity index (χ2n) is 11.3. The Morgan fingerprint density at radius 2 is 1.61 bits per heavy atom. The minimum atomic E-state index is 0.297. The number of nitrogens with one attached hydrogen (secondary N) is 1.